The van der Waals surface area contributed by atoms with E-state index in [1.807, 2.05) is 6.92 Å². The van der Waals surface area contributed by atoms with Crippen molar-refractivity contribution in [2.24, 2.45) is 0 Å². The first-order valence-electron chi connectivity index (χ1n) is 5.88. The molecule has 0 fully saturated rings. The molecule has 0 bridgehead atoms. The Labute approximate surface area is 107 Å². The first-order chi connectivity index (χ1) is 8.99. The maximum atomic E-state index is 12.2. The maximum Gasteiger partial charge on any atom is 0.405 e. The van der Waals surface area contributed by atoms with Gasteiger partial charge in [-0.25, -0.2) is 9.97 Å². The molecule has 104 valence electrons. The Bertz CT molecular complexity index is 549. The van der Waals surface area contributed by atoms with E-state index in [1.54, 1.807) is 16.8 Å². The highest BCUT2D eigenvalue weighted by Gasteiger charge is 2.27. The van der Waals surface area contributed by atoms with Crippen molar-refractivity contribution in [3.63, 3.8) is 0 Å². The molecule has 2 aromatic rings. The number of nitrogens with one attached hydrogen (secondary N) is 2. The van der Waals surface area contributed by atoms with Crippen molar-refractivity contribution >= 4 is 17.3 Å². The Kier molecular flexibility index (Phi) is 3.77. The number of imidazole rings is 1. The number of alkyl halides is 3. The maximum absolute atomic E-state index is 12.2. The second-order valence-corrected chi connectivity index (χ2v) is 4.03. The lowest BCUT2D eigenvalue weighted by Crippen LogP contribution is -2.22. The summed E-state index contributed by atoms with van der Waals surface area (Å²) >= 11 is 0. The molecule has 0 atom stereocenters. The largest absolute Gasteiger partial charge is 0.405 e. The number of aromatic nitrogens is 3. The topological polar surface area (TPSA) is 54.2 Å². The molecule has 0 unspecified atom stereocenters. The van der Waals surface area contributed by atoms with Crippen molar-refractivity contribution in [1.82, 2.24) is 14.4 Å². The van der Waals surface area contributed by atoms with E-state index < -0.39 is 12.7 Å². The molecule has 0 aliphatic heterocycles. The molecule has 0 spiro atoms. The van der Waals surface area contributed by atoms with Crippen molar-refractivity contribution in [3.8, 4) is 0 Å². The third kappa shape index (κ3) is 3.49. The fraction of sp³-hybridized carbons (Fsp3) is 0.455. The quantitative estimate of drug-likeness (QED) is 0.879. The number of nitrogens with zero attached hydrogens (tertiary/aromatic N) is 3. The molecular formula is C11H14F3N5. The van der Waals surface area contributed by atoms with Crippen molar-refractivity contribution in [2.45, 2.75) is 19.5 Å². The lowest BCUT2D eigenvalue weighted by molar-refractivity contribution is -0.115. The van der Waals surface area contributed by atoms with Crippen LogP contribution in [0.2, 0.25) is 0 Å². The molecule has 0 amide bonds. The van der Waals surface area contributed by atoms with Crippen LogP contribution in [0.25, 0.3) is 5.65 Å². The van der Waals surface area contributed by atoms with Gasteiger partial charge in [-0.05, 0) is 6.42 Å². The summed E-state index contributed by atoms with van der Waals surface area (Å²) in [6.07, 6.45) is 1.47. The number of rotatable bonds is 5. The second-order valence-electron chi connectivity index (χ2n) is 4.03. The van der Waals surface area contributed by atoms with Crippen molar-refractivity contribution in [2.75, 3.05) is 23.7 Å². The molecule has 0 aromatic carbocycles. The standard InChI is InChI=1S/C11H14F3N5/c1-2-3-15-8-6-19-5-4-16-10(19)9(18-8)17-7-11(12,13)14/h4-6,15H,2-3,7H2,1H3,(H,17,18). The van der Waals surface area contributed by atoms with Crippen LogP contribution in [-0.4, -0.2) is 33.6 Å². The van der Waals surface area contributed by atoms with Crippen LogP contribution in [0.1, 0.15) is 13.3 Å². The van der Waals surface area contributed by atoms with Gasteiger partial charge in [0.25, 0.3) is 0 Å². The molecule has 19 heavy (non-hydrogen) atoms. The molecule has 0 saturated carbocycles. The molecule has 0 radical (unpaired) electrons. The smallest absolute Gasteiger partial charge is 0.369 e. The van der Waals surface area contributed by atoms with Crippen molar-refractivity contribution < 1.29 is 13.2 Å². The van der Waals surface area contributed by atoms with E-state index in [2.05, 4.69) is 20.6 Å². The predicted octanol–water partition coefficient (Wildman–Crippen LogP) is 2.53. The van der Waals surface area contributed by atoms with Gasteiger partial charge in [0.1, 0.15) is 12.4 Å². The van der Waals surface area contributed by atoms with E-state index in [1.165, 1.54) is 6.20 Å². The van der Waals surface area contributed by atoms with Gasteiger partial charge in [-0.2, -0.15) is 13.2 Å². The molecule has 2 heterocycles. The number of anilines is 2. The minimum atomic E-state index is -4.29. The fourth-order valence-corrected chi connectivity index (χ4v) is 1.57. The highest BCUT2D eigenvalue weighted by atomic mass is 19.4. The summed E-state index contributed by atoms with van der Waals surface area (Å²) in [7, 11) is 0. The van der Waals surface area contributed by atoms with Crippen LogP contribution in [0.3, 0.4) is 0 Å². The van der Waals surface area contributed by atoms with Crippen LogP contribution >= 0.6 is 0 Å². The summed E-state index contributed by atoms with van der Waals surface area (Å²) in [6, 6.07) is 0. The zero-order chi connectivity index (χ0) is 13.9. The summed E-state index contributed by atoms with van der Waals surface area (Å²) in [5.41, 5.74) is 0.367. The van der Waals surface area contributed by atoms with Crippen LogP contribution in [0.4, 0.5) is 24.8 Å². The summed E-state index contributed by atoms with van der Waals surface area (Å²) < 4.78 is 38.3. The van der Waals surface area contributed by atoms with Crippen LogP contribution in [-0.2, 0) is 0 Å². The molecule has 5 nitrogen and oxygen atoms in total. The molecule has 2 rings (SSSR count). The fourth-order valence-electron chi connectivity index (χ4n) is 1.57. The number of halogens is 3. The van der Waals surface area contributed by atoms with E-state index >= 15 is 0 Å². The van der Waals surface area contributed by atoms with Gasteiger partial charge in [-0.1, -0.05) is 6.92 Å². The molecular weight excluding hydrogens is 259 g/mol. The Morgan fingerprint density at radius 1 is 1.32 bits per heavy atom. The summed E-state index contributed by atoms with van der Waals surface area (Å²) in [6.45, 7) is 1.55. The van der Waals surface area contributed by atoms with Crippen molar-refractivity contribution in [1.29, 1.82) is 0 Å². The first-order valence-corrected chi connectivity index (χ1v) is 5.88. The monoisotopic (exact) mass is 273 g/mol. The van der Waals surface area contributed by atoms with Gasteiger partial charge < -0.3 is 15.0 Å². The van der Waals surface area contributed by atoms with Gasteiger partial charge in [0.15, 0.2) is 11.5 Å². The summed E-state index contributed by atoms with van der Waals surface area (Å²) in [5, 5.41) is 5.30. The van der Waals surface area contributed by atoms with E-state index in [-0.39, 0.29) is 5.82 Å². The third-order valence-electron chi connectivity index (χ3n) is 2.39. The van der Waals surface area contributed by atoms with Crippen LogP contribution in [0.15, 0.2) is 18.6 Å². The van der Waals surface area contributed by atoms with E-state index in [0.29, 0.717) is 18.0 Å². The van der Waals surface area contributed by atoms with E-state index in [9.17, 15) is 13.2 Å². The minimum absolute atomic E-state index is 0.114. The van der Waals surface area contributed by atoms with Gasteiger partial charge in [0.2, 0.25) is 0 Å². The lowest BCUT2D eigenvalue weighted by Gasteiger charge is -2.12. The molecule has 2 N–H and O–H groups in total. The second kappa shape index (κ2) is 5.33. The van der Waals surface area contributed by atoms with E-state index in [0.717, 1.165) is 6.42 Å². The SMILES string of the molecule is CCCNc1cn2ccnc2c(NCC(F)(F)F)n1. The highest BCUT2D eigenvalue weighted by molar-refractivity contribution is 5.65. The van der Waals surface area contributed by atoms with Gasteiger partial charge >= 0.3 is 6.18 Å². The van der Waals surface area contributed by atoms with E-state index in [4.69, 9.17) is 0 Å². The van der Waals surface area contributed by atoms with Crippen molar-refractivity contribution in [3.05, 3.63) is 18.6 Å². The lowest BCUT2D eigenvalue weighted by atomic mass is 10.4. The minimum Gasteiger partial charge on any atom is -0.369 e. The molecule has 0 aliphatic rings. The average molecular weight is 273 g/mol. The summed E-state index contributed by atoms with van der Waals surface area (Å²) in [5.74, 6) is 0.625. The van der Waals surface area contributed by atoms with Gasteiger partial charge in [0, 0.05) is 18.9 Å². The van der Waals surface area contributed by atoms with Crippen LogP contribution in [0.5, 0.6) is 0 Å². The number of fused-ring (bicyclic) bond motifs is 1. The Hall–Kier alpha value is -1.99. The van der Waals surface area contributed by atoms with Gasteiger partial charge in [-0.3, -0.25) is 0 Å². The molecule has 2 aromatic heterocycles. The predicted molar refractivity (Wildman–Crippen MR) is 66.3 cm³/mol. The first kappa shape index (κ1) is 13.4. The summed E-state index contributed by atoms with van der Waals surface area (Å²) in [4.78, 5) is 8.09. The van der Waals surface area contributed by atoms with Gasteiger partial charge in [-0.15, -0.1) is 0 Å². The molecule has 0 aliphatic carbocycles. The highest BCUT2D eigenvalue weighted by Crippen LogP contribution is 2.20. The van der Waals surface area contributed by atoms with Crippen LogP contribution < -0.4 is 10.6 Å². The normalized spacial score (nSPS) is 11.8. The zero-order valence-corrected chi connectivity index (χ0v) is 10.3. The third-order valence-corrected chi connectivity index (χ3v) is 2.39. The zero-order valence-electron chi connectivity index (χ0n) is 10.3. The Morgan fingerprint density at radius 2 is 2.11 bits per heavy atom. The molecule has 8 heteroatoms. The number of hydrogen-bond acceptors (Lipinski definition) is 4. The Balaban J connectivity index is 2.26. The van der Waals surface area contributed by atoms with Crippen LogP contribution in [0, 0.1) is 0 Å². The molecule has 0 saturated heterocycles. The average Bonchev–Trinajstić information content (AvgIpc) is 2.80. The Morgan fingerprint density at radius 3 is 2.79 bits per heavy atom. The number of hydrogen-bond donors (Lipinski definition) is 2. The van der Waals surface area contributed by atoms with Gasteiger partial charge in [0.05, 0.1) is 6.20 Å².